The Labute approximate surface area is 162 Å². The highest BCUT2D eigenvalue weighted by Gasteiger charge is 2.11. The first kappa shape index (κ1) is 19.1. The zero-order valence-corrected chi connectivity index (χ0v) is 15.3. The summed E-state index contributed by atoms with van der Waals surface area (Å²) in [5, 5.41) is 8.70. The average molecular weight is 377 g/mol. The van der Waals surface area contributed by atoms with Gasteiger partial charge in [0.25, 0.3) is 0 Å². The van der Waals surface area contributed by atoms with Crippen molar-refractivity contribution in [2.24, 2.45) is 0 Å². The maximum atomic E-state index is 11.2. The molecule has 142 valence electrons. The van der Waals surface area contributed by atoms with E-state index in [1.54, 1.807) is 18.2 Å². The van der Waals surface area contributed by atoms with Crippen LogP contribution in [0.3, 0.4) is 0 Å². The van der Waals surface area contributed by atoms with Gasteiger partial charge in [0.15, 0.2) is 6.29 Å². The quantitative estimate of drug-likeness (QED) is 0.468. The Hall–Kier alpha value is -3.67. The van der Waals surface area contributed by atoms with Gasteiger partial charge in [-0.15, -0.1) is 0 Å². The molecule has 28 heavy (non-hydrogen) atoms. The number of ether oxygens (including phenoxy) is 1. The smallest absolute Gasteiger partial charge is 0.328 e. The second kappa shape index (κ2) is 8.81. The molecule has 0 amide bonds. The molecule has 0 saturated carbocycles. The highest BCUT2D eigenvalue weighted by molar-refractivity contribution is 5.89. The lowest BCUT2D eigenvalue weighted by Gasteiger charge is -2.07. The lowest BCUT2D eigenvalue weighted by atomic mass is 10.1. The standard InChI is InChI=1S/C22H19NO5/c1-15-20(23-22(28-15)17-5-3-2-4-6-17)11-12-27-19-9-7-16(8-10-21(25)26)18(13-19)14-24/h2-10,13-14H,11-12H2,1H3,(H,25,26)/b10-8+. The SMILES string of the molecule is Cc1oc(-c2ccccc2)nc1CCOc1ccc(/C=C/C(=O)O)c(C=O)c1. The minimum atomic E-state index is -1.07. The Bertz CT molecular complexity index is 1010. The van der Waals surface area contributed by atoms with E-state index in [0.29, 0.717) is 42.1 Å². The summed E-state index contributed by atoms with van der Waals surface area (Å²) < 4.78 is 11.5. The lowest BCUT2D eigenvalue weighted by Crippen LogP contribution is -2.03. The van der Waals surface area contributed by atoms with Gasteiger partial charge in [0, 0.05) is 23.6 Å². The van der Waals surface area contributed by atoms with E-state index in [9.17, 15) is 9.59 Å². The number of rotatable bonds is 8. The fraction of sp³-hybridized carbons (Fsp3) is 0.136. The summed E-state index contributed by atoms with van der Waals surface area (Å²) in [5.41, 5.74) is 2.61. The van der Waals surface area contributed by atoms with Crippen LogP contribution in [0.4, 0.5) is 0 Å². The number of aromatic nitrogens is 1. The molecule has 0 aliphatic carbocycles. The van der Waals surface area contributed by atoms with Crippen LogP contribution in [0.2, 0.25) is 0 Å². The Morgan fingerprint density at radius 1 is 1.18 bits per heavy atom. The van der Waals surface area contributed by atoms with Crippen LogP contribution < -0.4 is 4.74 Å². The highest BCUT2D eigenvalue weighted by atomic mass is 16.5. The van der Waals surface area contributed by atoms with Crippen molar-refractivity contribution in [2.75, 3.05) is 6.61 Å². The number of hydrogen-bond acceptors (Lipinski definition) is 5. The van der Waals surface area contributed by atoms with Crippen molar-refractivity contribution in [1.29, 1.82) is 0 Å². The predicted octanol–water partition coefficient (Wildman–Crippen LogP) is 4.18. The number of aldehydes is 1. The van der Waals surface area contributed by atoms with Crippen molar-refractivity contribution < 1.29 is 23.8 Å². The highest BCUT2D eigenvalue weighted by Crippen LogP contribution is 2.22. The van der Waals surface area contributed by atoms with Crippen molar-refractivity contribution in [3.63, 3.8) is 0 Å². The van der Waals surface area contributed by atoms with Gasteiger partial charge < -0.3 is 14.3 Å². The molecule has 0 spiro atoms. The summed E-state index contributed by atoms with van der Waals surface area (Å²) >= 11 is 0. The zero-order chi connectivity index (χ0) is 19.9. The van der Waals surface area contributed by atoms with E-state index in [1.807, 2.05) is 37.3 Å². The molecular formula is C22H19NO5. The van der Waals surface area contributed by atoms with Crippen LogP contribution in [0.5, 0.6) is 5.75 Å². The number of carbonyl (C=O) groups excluding carboxylic acids is 1. The second-order valence-electron chi connectivity index (χ2n) is 6.07. The van der Waals surface area contributed by atoms with Crippen LogP contribution in [-0.2, 0) is 11.2 Å². The monoisotopic (exact) mass is 377 g/mol. The average Bonchev–Trinajstić information content (AvgIpc) is 3.08. The number of carboxylic acids is 1. The van der Waals surface area contributed by atoms with Crippen molar-refractivity contribution in [3.8, 4) is 17.2 Å². The van der Waals surface area contributed by atoms with Gasteiger partial charge in [-0.3, -0.25) is 4.79 Å². The largest absolute Gasteiger partial charge is 0.493 e. The third-order valence-corrected chi connectivity index (χ3v) is 4.11. The summed E-state index contributed by atoms with van der Waals surface area (Å²) in [6.07, 6.45) is 3.59. The number of oxazole rings is 1. The van der Waals surface area contributed by atoms with Gasteiger partial charge in [0.1, 0.15) is 11.5 Å². The number of carbonyl (C=O) groups is 2. The number of nitrogens with zero attached hydrogens (tertiary/aromatic N) is 1. The van der Waals surface area contributed by atoms with E-state index in [-0.39, 0.29) is 0 Å². The molecule has 6 heteroatoms. The van der Waals surface area contributed by atoms with Crippen LogP contribution in [0, 0.1) is 6.92 Å². The number of benzene rings is 2. The van der Waals surface area contributed by atoms with E-state index in [2.05, 4.69) is 4.98 Å². The Balaban J connectivity index is 1.64. The molecule has 0 saturated heterocycles. The summed E-state index contributed by atoms with van der Waals surface area (Å²) in [6, 6.07) is 14.6. The predicted molar refractivity (Wildman–Crippen MR) is 104 cm³/mol. The first-order valence-corrected chi connectivity index (χ1v) is 8.71. The molecule has 1 N–H and O–H groups in total. The van der Waals surface area contributed by atoms with Crippen LogP contribution >= 0.6 is 0 Å². The van der Waals surface area contributed by atoms with E-state index in [0.717, 1.165) is 23.1 Å². The lowest BCUT2D eigenvalue weighted by molar-refractivity contribution is -0.131. The third-order valence-electron chi connectivity index (χ3n) is 4.11. The maximum absolute atomic E-state index is 11.2. The fourth-order valence-corrected chi connectivity index (χ4v) is 2.69. The van der Waals surface area contributed by atoms with Crippen molar-refractivity contribution in [3.05, 3.63) is 77.2 Å². The van der Waals surface area contributed by atoms with Gasteiger partial charge in [-0.05, 0) is 42.8 Å². The van der Waals surface area contributed by atoms with Crippen molar-refractivity contribution >= 4 is 18.3 Å². The van der Waals surface area contributed by atoms with Gasteiger partial charge in [0.05, 0.1) is 12.3 Å². The van der Waals surface area contributed by atoms with Crippen LogP contribution in [-0.4, -0.2) is 29.0 Å². The number of aryl methyl sites for hydroxylation is 1. The molecule has 1 aromatic heterocycles. The topological polar surface area (TPSA) is 89.6 Å². The summed E-state index contributed by atoms with van der Waals surface area (Å²) in [6.45, 7) is 2.23. The Morgan fingerprint density at radius 2 is 1.96 bits per heavy atom. The van der Waals surface area contributed by atoms with Gasteiger partial charge >= 0.3 is 5.97 Å². The molecule has 0 aliphatic heterocycles. The van der Waals surface area contributed by atoms with E-state index in [1.165, 1.54) is 6.08 Å². The molecule has 6 nitrogen and oxygen atoms in total. The normalized spacial score (nSPS) is 10.9. The molecule has 0 bridgehead atoms. The molecule has 0 fully saturated rings. The molecule has 0 unspecified atom stereocenters. The number of aliphatic carboxylic acids is 1. The van der Waals surface area contributed by atoms with E-state index in [4.69, 9.17) is 14.3 Å². The molecular weight excluding hydrogens is 358 g/mol. The first-order chi connectivity index (χ1) is 13.6. The molecule has 0 atom stereocenters. The van der Waals surface area contributed by atoms with Crippen LogP contribution in [0.25, 0.3) is 17.5 Å². The van der Waals surface area contributed by atoms with Crippen LogP contribution in [0.1, 0.15) is 27.4 Å². The fourth-order valence-electron chi connectivity index (χ4n) is 2.69. The summed E-state index contributed by atoms with van der Waals surface area (Å²) in [7, 11) is 0. The minimum Gasteiger partial charge on any atom is -0.493 e. The first-order valence-electron chi connectivity index (χ1n) is 8.71. The molecule has 3 rings (SSSR count). The summed E-state index contributed by atoms with van der Waals surface area (Å²) in [4.78, 5) is 26.4. The molecule has 1 heterocycles. The summed E-state index contributed by atoms with van der Waals surface area (Å²) in [5.74, 6) is 0.769. The Morgan fingerprint density at radius 3 is 2.68 bits per heavy atom. The zero-order valence-electron chi connectivity index (χ0n) is 15.3. The van der Waals surface area contributed by atoms with Gasteiger partial charge in [-0.2, -0.15) is 0 Å². The molecule has 0 aliphatic rings. The number of carboxylic acid groups (broad SMARTS) is 1. The van der Waals surface area contributed by atoms with Gasteiger partial charge in [-0.1, -0.05) is 24.3 Å². The maximum Gasteiger partial charge on any atom is 0.328 e. The second-order valence-corrected chi connectivity index (χ2v) is 6.07. The molecule has 3 aromatic rings. The van der Waals surface area contributed by atoms with Crippen molar-refractivity contribution in [1.82, 2.24) is 4.98 Å². The Kier molecular flexibility index (Phi) is 6.01. The minimum absolute atomic E-state index is 0.360. The van der Waals surface area contributed by atoms with E-state index < -0.39 is 5.97 Å². The van der Waals surface area contributed by atoms with Gasteiger partial charge in [-0.25, -0.2) is 9.78 Å². The van der Waals surface area contributed by atoms with Crippen molar-refractivity contribution in [2.45, 2.75) is 13.3 Å². The molecule has 0 radical (unpaired) electrons. The molecule has 2 aromatic carbocycles. The van der Waals surface area contributed by atoms with E-state index >= 15 is 0 Å². The van der Waals surface area contributed by atoms with Gasteiger partial charge in [0.2, 0.25) is 5.89 Å². The third kappa shape index (κ3) is 4.73. The number of hydrogen-bond donors (Lipinski definition) is 1. The van der Waals surface area contributed by atoms with Crippen LogP contribution in [0.15, 0.2) is 59.0 Å².